The topological polar surface area (TPSA) is 181 Å². The maximum Gasteiger partial charge on any atom is 0.245 e. The lowest BCUT2D eigenvalue weighted by Gasteiger charge is -2.29. The smallest absolute Gasteiger partial charge is 0.245 e. The molecule has 2 aliphatic heterocycles. The Labute approximate surface area is 307 Å². The van der Waals surface area contributed by atoms with Crippen LogP contribution in [-0.4, -0.2) is 91.5 Å². The Morgan fingerprint density at radius 1 is 0.962 bits per heavy atom. The normalized spacial score (nSPS) is 23.0. The number of nitrogens with one attached hydrogen (secondary N) is 4. The second-order valence-electron chi connectivity index (χ2n) is 14.9. The number of carbonyl (C=O) groups is 5. The molecule has 0 aromatic heterocycles. The van der Waals surface area contributed by atoms with Crippen molar-refractivity contribution < 1.29 is 33.4 Å². The lowest BCUT2D eigenvalue weighted by Crippen LogP contribution is -2.59. The molecule has 5 atom stereocenters. The van der Waals surface area contributed by atoms with Crippen LogP contribution >= 0.6 is 0 Å². The molecule has 0 radical (unpaired) electrons. The Morgan fingerprint density at radius 3 is 2.23 bits per heavy atom. The predicted molar refractivity (Wildman–Crippen MR) is 197 cm³/mol. The number of amides is 5. The molecular formula is C39H56N6O7. The first-order chi connectivity index (χ1) is 24.7. The van der Waals surface area contributed by atoms with Gasteiger partial charge >= 0.3 is 0 Å². The van der Waals surface area contributed by atoms with Crippen LogP contribution in [0.1, 0.15) is 65.0 Å². The molecule has 5 amide bonds. The fourth-order valence-corrected chi connectivity index (χ4v) is 6.09. The Balaban J connectivity index is 1.69. The van der Waals surface area contributed by atoms with Gasteiger partial charge < -0.3 is 41.4 Å². The summed E-state index contributed by atoms with van der Waals surface area (Å²) in [4.78, 5) is 69.9. The highest BCUT2D eigenvalue weighted by atomic mass is 16.5. The zero-order valence-electron chi connectivity index (χ0n) is 31.3. The summed E-state index contributed by atoms with van der Waals surface area (Å²) in [7, 11) is 1.55. The second-order valence-corrected chi connectivity index (χ2v) is 14.9. The molecule has 1 fully saturated rings. The van der Waals surface area contributed by atoms with Crippen LogP contribution in [0.3, 0.4) is 0 Å². The second kappa shape index (κ2) is 18.7. The molecule has 2 aromatic carbocycles. The van der Waals surface area contributed by atoms with E-state index in [0.29, 0.717) is 30.4 Å². The number of benzene rings is 2. The van der Waals surface area contributed by atoms with Crippen LogP contribution in [0.25, 0.3) is 0 Å². The van der Waals surface area contributed by atoms with Crippen molar-refractivity contribution in [3.8, 4) is 11.5 Å². The molecule has 13 nitrogen and oxygen atoms in total. The van der Waals surface area contributed by atoms with Crippen molar-refractivity contribution in [2.24, 2.45) is 23.5 Å². The molecule has 1 aliphatic carbocycles. The van der Waals surface area contributed by atoms with Gasteiger partial charge in [0.1, 0.15) is 36.2 Å². The fraction of sp³-hybridized carbons (Fsp3) is 0.564. The van der Waals surface area contributed by atoms with Crippen molar-refractivity contribution in [3.05, 3.63) is 59.7 Å². The number of hydrogen-bond acceptors (Lipinski definition) is 8. The number of ether oxygens (including phenoxy) is 2. The maximum atomic E-state index is 14.0. The van der Waals surface area contributed by atoms with Crippen LogP contribution in [0.4, 0.5) is 0 Å². The average molecular weight is 721 g/mol. The van der Waals surface area contributed by atoms with Gasteiger partial charge in [-0.05, 0) is 79.3 Å². The van der Waals surface area contributed by atoms with E-state index in [9.17, 15) is 24.0 Å². The monoisotopic (exact) mass is 720 g/mol. The van der Waals surface area contributed by atoms with Gasteiger partial charge in [-0.25, -0.2) is 0 Å². The number of nitrogens with two attached hydrogens (primary N) is 1. The molecule has 284 valence electrons. The predicted octanol–water partition coefficient (Wildman–Crippen LogP) is 2.10. The molecule has 2 heterocycles. The third kappa shape index (κ3) is 12.2. The summed E-state index contributed by atoms with van der Waals surface area (Å²) in [6, 6.07) is 9.91. The van der Waals surface area contributed by atoms with Crippen molar-refractivity contribution in [1.29, 1.82) is 0 Å². The van der Waals surface area contributed by atoms with Crippen molar-refractivity contribution in [3.63, 3.8) is 0 Å². The van der Waals surface area contributed by atoms with E-state index in [-0.39, 0.29) is 49.8 Å². The first kappa shape index (κ1) is 40.1. The van der Waals surface area contributed by atoms with E-state index in [2.05, 4.69) is 35.1 Å². The fourth-order valence-electron chi connectivity index (χ4n) is 6.09. The standard InChI is InChI=1S/C39H56N6O7/c1-23(2)17-29-22-52-31-15-11-27(12-16-31)19-33(44-38(49)35(40)24(3)4)37(48)43-32(18-26-9-13-30(51-6)14-10-26)36(47)41-25(5)39(50)45(20-28-7-8-28)21-34(46)42-29/h9-16,23-25,28-29,32-33,35H,7-8,17-22,40H2,1-6H3,(H,41,47)(H,42,46)(H,43,48)(H,44,49)/t25-,29+,32+,33+,35-/m1/s1. The summed E-state index contributed by atoms with van der Waals surface area (Å²) < 4.78 is 11.4. The van der Waals surface area contributed by atoms with E-state index in [1.165, 1.54) is 4.90 Å². The minimum Gasteiger partial charge on any atom is -0.497 e. The molecule has 0 spiro atoms. The first-order valence-corrected chi connectivity index (χ1v) is 18.3. The quantitative estimate of drug-likeness (QED) is 0.232. The Bertz CT molecular complexity index is 1530. The number of rotatable bonds is 10. The maximum absolute atomic E-state index is 14.0. The van der Waals surface area contributed by atoms with E-state index in [1.54, 1.807) is 50.4 Å². The van der Waals surface area contributed by atoms with E-state index >= 15 is 0 Å². The van der Waals surface area contributed by atoms with Crippen molar-refractivity contribution >= 4 is 29.5 Å². The lowest BCUT2D eigenvalue weighted by molar-refractivity contribution is -0.140. The van der Waals surface area contributed by atoms with E-state index in [4.69, 9.17) is 15.2 Å². The highest BCUT2D eigenvalue weighted by molar-refractivity contribution is 5.95. The van der Waals surface area contributed by atoms with Crippen molar-refractivity contribution in [2.45, 2.75) is 96.9 Å². The highest BCUT2D eigenvalue weighted by Crippen LogP contribution is 2.30. The zero-order valence-corrected chi connectivity index (χ0v) is 31.3. The number of methoxy groups -OCH3 is 1. The molecular weight excluding hydrogens is 664 g/mol. The molecule has 0 unspecified atom stereocenters. The van der Waals surface area contributed by atoms with Gasteiger partial charge in [0.25, 0.3) is 0 Å². The molecule has 6 N–H and O–H groups in total. The zero-order chi connectivity index (χ0) is 37.9. The van der Waals surface area contributed by atoms with Gasteiger partial charge in [-0.3, -0.25) is 24.0 Å². The first-order valence-electron chi connectivity index (χ1n) is 18.3. The number of nitrogens with zero attached hydrogens (tertiary/aromatic N) is 1. The van der Waals surface area contributed by atoms with Crippen LogP contribution in [-0.2, 0) is 36.8 Å². The van der Waals surface area contributed by atoms with Gasteiger partial charge in [-0.1, -0.05) is 52.0 Å². The lowest BCUT2D eigenvalue weighted by atomic mass is 10.0. The third-order valence-corrected chi connectivity index (χ3v) is 9.37. The van der Waals surface area contributed by atoms with Gasteiger partial charge in [0.2, 0.25) is 29.5 Å². The molecule has 52 heavy (non-hydrogen) atoms. The van der Waals surface area contributed by atoms with Crippen LogP contribution in [0.5, 0.6) is 11.5 Å². The average Bonchev–Trinajstić information content (AvgIpc) is 3.93. The molecule has 13 heteroatoms. The van der Waals surface area contributed by atoms with E-state index in [0.717, 1.165) is 24.0 Å². The summed E-state index contributed by atoms with van der Waals surface area (Å²) in [6.07, 6.45) is 2.79. The van der Waals surface area contributed by atoms with Crippen LogP contribution in [0.2, 0.25) is 0 Å². The summed E-state index contributed by atoms with van der Waals surface area (Å²) >= 11 is 0. The van der Waals surface area contributed by atoms with Gasteiger partial charge in [0.15, 0.2) is 0 Å². The van der Waals surface area contributed by atoms with Crippen LogP contribution < -0.4 is 36.5 Å². The molecule has 5 rings (SSSR count). The molecule has 2 bridgehead atoms. The Morgan fingerprint density at radius 2 is 1.63 bits per heavy atom. The minimum absolute atomic E-state index is 0.0894. The Kier molecular flexibility index (Phi) is 14.4. The molecule has 1 saturated carbocycles. The highest BCUT2D eigenvalue weighted by Gasteiger charge is 2.34. The van der Waals surface area contributed by atoms with Crippen LogP contribution in [0.15, 0.2) is 48.5 Å². The Hall–Kier alpha value is -4.65. The third-order valence-electron chi connectivity index (χ3n) is 9.37. The summed E-state index contributed by atoms with van der Waals surface area (Å²) in [5, 5.41) is 11.5. The molecule has 0 saturated heterocycles. The van der Waals surface area contributed by atoms with Gasteiger partial charge in [0.05, 0.1) is 25.7 Å². The van der Waals surface area contributed by atoms with E-state index < -0.39 is 47.8 Å². The van der Waals surface area contributed by atoms with Gasteiger partial charge in [-0.15, -0.1) is 0 Å². The summed E-state index contributed by atoms with van der Waals surface area (Å²) in [5.74, 6) is -0.780. The van der Waals surface area contributed by atoms with E-state index in [1.807, 2.05) is 26.0 Å². The number of fused-ring (bicyclic) bond motifs is 17. The van der Waals surface area contributed by atoms with Crippen molar-refractivity contribution in [1.82, 2.24) is 26.2 Å². The minimum atomic E-state index is -1.12. The largest absolute Gasteiger partial charge is 0.497 e. The number of carbonyl (C=O) groups excluding carboxylic acids is 5. The molecule has 2 aromatic rings. The van der Waals surface area contributed by atoms with Gasteiger partial charge in [-0.2, -0.15) is 0 Å². The van der Waals surface area contributed by atoms with Crippen molar-refractivity contribution in [2.75, 3.05) is 26.8 Å². The van der Waals surface area contributed by atoms with Crippen LogP contribution in [0, 0.1) is 17.8 Å². The molecule has 3 aliphatic rings. The van der Waals surface area contributed by atoms with Gasteiger partial charge in [0, 0.05) is 19.4 Å². The number of hydrogen-bond donors (Lipinski definition) is 5. The SMILES string of the molecule is COc1ccc(C[C@@H]2NC(=O)[C@@H](NC(=O)[C@H](N)C(C)C)Cc3ccc(cc3)OC[C@H](CC(C)C)NC(=O)CN(CC3CC3)C(=O)[C@@H](C)NC2=O)cc1. The summed E-state index contributed by atoms with van der Waals surface area (Å²) in [6.45, 7) is 9.79. The summed E-state index contributed by atoms with van der Waals surface area (Å²) in [5.41, 5.74) is 7.62.